The molecule has 0 saturated carbocycles. The molecule has 0 aromatic heterocycles. The monoisotopic (exact) mass is 433 g/mol. The van der Waals surface area contributed by atoms with Crippen molar-refractivity contribution in [2.24, 2.45) is 0 Å². The lowest BCUT2D eigenvalue weighted by Gasteiger charge is -2.17. The first-order valence-electron chi connectivity index (χ1n) is 9.41. The van der Waals surface area contributed by atoms with Gasteiger partial charge in [-0.2, -0.15) is 0 Å². The average Bonchev–Trinajstić information content (AvgIpc) is 3.02. The molecule has 0 aliphatic carbocycles. The summed E-state index contributed by atoms with van der Waals surface area (Å²) in [5.41, 5.74) is 2.63. The van der Waals surface area contributed by atoms with Crippen molar-refractivity contribution in [2.75, 3.05) is 32.8 Å². The second kappa shape index (κ2) is 9.34. The summed E-state index contributed by atoms with van der Waals surface area (Å²) in [5.74, 6) is 1.18. The lowest BCUT2D eigenvalue weighted by Crippen LogP contribution is -2.03. The van der Waals surface area contributed by atoms with E-state index in [-0.39, 0.29) is 19.1 Å². The second-order valence-corrected chi connectivity index (χ2v) is 7.80. The fourth-order valence-electron chi connectivity index (χ4n) is 2.99. The summed E-state index contributed by atoms with van der Waals surface area (Å²) in [7, 11) is -0.581. The Hall–Kier alpha value is -2.80. The van der Waals surface area contributed by atoms with Crippen LogP contribution >= 0.6 is 7.82 Å². The summed E-state index contributed by atoms with van der Waals surface area (Å²) in [5, 5.41) is 2.83. The number of anilines is 1. The van der Waals surface area contributed by atoms with Crippen molar-refractivity contribution >= 4 is 31.1 Å². The van der Waals surface area contributed by atoms with Gasteiger partial charge < -0.3 is 19.3 Å². The van der Waals surface area contributed by atoms with E-state index < -0.39 is 7.82 Å². The molecule has 1 N–H and O–H groups in total. The van der Waals surface area contributed by atoms with Crippen LogP contribution in [0, 0.1) is 0 Å². The molecule has 0 saturated heterocycles. The molecular weight excluding hydrogens is 409 g/mol. The Bertz CT molecular complexity index is 991. The molecule has 0 bridgehead atoms. The Kier molecular flexibility index (Phi) is 6.82. The number of rotatable bonds is 9. The predicted molar refractivity (Wildman–Crippen MR) is 114 cm³/mol. The number of carbonyl (C=O) groups is 1. The van der Waals surface area contributed by atoms with Crippen LogP contribution in [0.4, 0.5) is 5.69 Å². The number of phosphoric ester groups is 1. The van der Waals surface area contributed by atoms with Crippen molar-refractivity contribution < 1.29 is 32.4 Å². The highest BCUT2D eigenvalue weighted by atomic mass is 31.2. The van der Waals surface area contributed by atoms with Gasteiger partial charge in [-0.1, -0.05) is 12.1 Å². The van der Waals surface area contributed by atoms with Crippen LogP contribution in [0.2, 0.25) is 0 Å². The minimum atomic E-state index is -3.66. The third-order valence-corrected chi connectivity index (χ3v) is 5.87. The van der Waals surface area contributed by atoms with E-state index >= 15 is 0 Å². The van der Waals surface area contributed by atoms with Gasteiger partial charge in [0.25, 0.3) is 5.91 Å². The molecule has 1 heterocycles. The number of hydrogen-bond donors (Lipinski definition) is 1. The van der Waals surface area contributed by atoms with Crippen LogP contribution in [0.25, 0.3) is 11.6 Å². The van der Waals surface area contributed by atoms with Crippen LogP contribution < -0.4 is 19.3 Å². The zero-order valence-electron chi connectivity index (χ0n) is 17.3. The quantitative estimate of drug-likeness (QED) is 0.450. The van der Waals surface area contributed by atoms with Gasteiger partial charge in [0.15, 0.2) is 11.5 Å². The summed E-state index contributed by atoms with van der Waals surface area (Å²) in [6.45, 7) is 3.81. The van der Waals surface area contributed by atoms with Gasteiger partial charge in [0.2, 0.25) is 0 Å². The van der Waals surface area contributed by atoms with Crippen LogP contribution in [-0.2, 0) is 18.4 Å². The number of nitrogens with one attached hydrogen (secondary N) is 1. The highest BCUT2D eigenvalue weighted by Gasteiger charge is 2.28. The highest BCUT2D eigenvalue weighted by molar-refractivity contribution is 7.48. The number of fused-ring (bicyclic) bond motifs is 1. The molecule has 30 heavy (non-hydrogen) atoms. The number of amides is 1. The summed E-state index contributed by atoms with van der Waals surface area (Å²) >= 11 is 0. The van der Waals surface area contributed by atoms with Gasteiger partial charge in [-0.25, -0.2) is 4.57 Å². The molecule has 0 fully saturated rings. The standard InChI is InChI=1S/C21H24NO7P/c1-5-27-30(24,28-6-2)29-15-9-7-14(8-10-15)11-17-16-12-19(25-3)20(26-4)13-18(16)22-21(17)23/h7-13H,5-6H2,1-4H3,(H,22,23). The van der Waals surface area contributed by atoms with Crippen LogP contribution in [0.15, 0.2) is 36.4 Å². The Morgan fingerprint density at radius 3 is 2.13 bits per heavy atom. The van der Waals surface area contributed by atoms with Crippen LogP contribution in [-0.4, -0.2) is 33.3 Å². The third kappa shape index (κ3) is 4.67. The molecule has 160 valence electrons. The van der Waals surface area contributed by atoms with E-state index in [0.29, 0.717) is 28.5 Å². The second-order valence-electron chi connectivity index (χ2n) is 6.21. The van der Waals surface area contributed by atoms with E-state index in [4.69, 9.17) is 23.0 Å². The fourth-order valence-corrected chi connectivity index (χ4v) is 4.18. The maximum atomic E-state index is 12.5. The first-order valence-corrected chi connectivity index (χ1v) is 10.9. The van der Waals surface area contributed by atoms with Gasteiger partial charge in [-0.15, -0.1) is 0 Å². The molecular formula is C21H24NO7P. The molecule has 2 aromatic carbocycles. The molecule has 1 aliphatic heterocycles. The number of hydrogen-bond acceptors (Lipinski definition) is 7. The summed E-state index contributed by atoms with van der Waals surface area (Å²) in [4.78, 5) is 12.5. The first kappa shape index (κ1) is 21.9. The number of carbonyl (C=O) groups excluding carboxylic acids is 1. The SMILES string of the molecule is CCOP(=O)(OCC)Oc1ccc(C=C2C(=O)Nc3cc(OC)c(OC)cc32)cc1. The Morgan fingerprint density at radius 1 is 0.967 bits per heavy atom. The van der Waals surface area contributed by atoms with E-state index in [0.717, 1.165) is 11.1 Å². The van der Waals surface area contributed by atoms with Crippen molar-refractivity contribution in [1.29, 1.82) is 0 Å². The normalized spacial score (nSPS) is 14.4. The lowest BCUT2D eigenvalue weighted by molar-refractivity contribution is -0.110. The molecule has 9 heteroatoms. The molecule has 0 spiro atoms. The lowest BCUT2D eigenvalue weighted by atomic mass is 10.0. The van der Waals surface area contributed by atoms with E-state index in [2.05, 4.69) is 5.32 Å². The number of phosphoric acid groups is 1. The molecule has 2 aromatic rings. The van der Waals surface area contributed by atoms with Crippen molar-refractivity contribution in [3.8, 4) is 17.2 Å². The smallest absolute Gasteiger partial charge is 0.493 e. The molecule has 0 atom stereocenters. The van der Waals surface area contributed by atoms with Crippen LogP contribution in [0.5, 0.6) is 17.2 Å². The highest BCUT2D eigenvalue weighted by Crippen LogP contribution is 2.49. The first-order chi connectivity index (χ1) is 14.4. The molecule has 1 amide bonds. The van der Waals surface area contributed by atoms with E-state index in [9.17, 15) is 9.36 Å². The minimum Gasteiger partial charge on any atom is -0.493 e. The number of methoxy groups -OCH3 is 2. The molecule has 8 nitrogen and oxygen atoms in total. The van der Waals surface area contributed by atoms with Gasteiger partial charge in [-0.3, -0.25) is 13.8 Å². The number of benzene rings is 2. The topological polar surface area (TPSA) is 92.3 Å². The van der Waals surface area contributed by atoms with Crippen molar-refractivity contribution in [3.63, 3.8) is 0 Å². The Morgan fingerprint density at radius 2 is 1.57 bits per heavy atom. The van der Waals surface area contributed by atoms with Gasteiger partial charge >= 0.3 is 7.82 Å². The van der Waals surface area contributed by atoms with E-state index in [1.54, 1.807) is 63.4 Å². The molecule has 0 radical (unpaired) electrons. The zero-order valence-corrected chi connectivity index (χ0v) is 18.2. The molecule has 0 unspecified atom stereocenters. The largest absolute Gasteiger partial charge is 0.530 e. The minimum absolute atomic E-state index is 0.199. The molecule has 1 aliphatic rings. The summed E-state index contributed by atoms with van der Waals surface area (Å²) in [6, 6.07) is 10.3. The fraction of sp³-hybridized carbons (Fsp3) is 0.286. The van der Waals surface area contributed by atoms with Gasteiger partial charge in [-0.05, 0) is 43.7 Å². The van der Waals surface area contributed by atoms with Crippen molar-refractivity contribution in [1.82, 2.24) is 0 Å². The average molecular weight is 433 g/mol. The van der Waals surface area contributed by atoms with Crippen molar-refractivity contribution in [2.45, 2.75) is 13.8 Å². The predicted octanol–water partition coefficient (Wildman–Crippen LogP) is 4.76. The van der Waals surface area contributed by atoms with E-state index in [1.165, 1.54) is 7.11 Å². The van der Waals surface area contributed by atoms with Gasteiger partial charge in [0.05, 0.1) is 33.1 Å². The summed E-state index contributed by atoms with van der Waals surface area (Å²) in [6.07, 6.45) is 1.75. The zero-order chi connectivity index (χ0) is 21.7. The summed E-state index contributed by atoms with van der Waals surface area (Å²) < 4.78 is 38.8. The third-order valence-electron chi connectivity index (χ3n) is 4.29. The number of ether oxygens (including phenoxy) is 2. The Balaban J connectivity index is 1.86. The van der Waals surface area contributed by atoms with Gasteiger partial charge in [0, 0.05) is 17.2 Å². The van der Waals surface area contributed by atoms with E-state index in [1.807, 2.05) is 0 Å². The Labute approximate surface area is 175 Å². The van der Waals surface area contributed by atoms with Crippen LogP contribution in [0.1, 0.15) is 25.0 Å². The maximum absolute atomic E-state index is 12.5. The van der Waals surface area contributed by atoms with Crippen molar-refractivity contribution in [3.05, 3.63) is 47.5 Å². The molecule has 3 rings (SSSR count). The van der Waals surface area contributed by atoms with Crippen LogP contribution in [0.3, 0.4) is 0 Å². The maximum Gasteiger partial charge on any atom is 0.530 e. The van der Waals surface area contributed by atoms with Gasteiger partial charge in [0.1, 0.15) is 5.75 Å².